The Morgan fingerprint density at radius 3 is 1.34 bits per heavy atom. The molecule has 0 aromatic heterocycles. The Morgan fingerprint density at radius 1 is 0.561 bits per heavy atom. The molecule has 0 aromatic rings. The lowest BCUT2D eigenvalue weighted by Crippen LogP contribution is -2.45. The van der Waals surface area contributed by atoms with Crippen LogP contribution in [0.15, 0.2) is 0 Å². The highest BCUT2D eigenvalue weighted by atomic mass is 16.4. The smallest absolute Gasteiger partial charge is 0.326 e. The summed E-state index contributed by atoms with van der Waals surface area (Å²) in [7, 11) is 1.69. The van der Waals surface area contributed by atoms with Crippen LogP contribution in [0.1, 0.15) is 71.6 Å². The van der Waals surface area contributed by atoms with E-state index in [1.54, 1.807) is 7.05 Å². The van der Waals surface area contributed by atoms with Crippen molar-refractivity contribution in [3.05, 3.63) is 0 Å². The Morgan fingerprint density at radius 2 is 0.976 bits per heavy atom. The largest absolute Gasteiger partial charge is 0.480 e. The molecule has 4 atom stereocenters. The molecule has 41 heavy (non-hydrogen) atoms. The molecule has 0 aliphatic carbocycles. The number of amides is 4. The van der Waals surface area contributed by atoms with Crippen LogP contribution in [-0.2, 0) is 38.4 Å². The summed E-state index contributed by atoms with van der Waals surface area (Å²) in [5.74, 6) is -6.85. The van der Waals surface area contributed by atoms with Crippen molar-refractivity contribution in [2.45, 2.75) is 95.8 Å². The third-order valence-electron chi connectivity index (χ3n) is 6.00. The lowest BCUT2D eigenvalue weighted by Gasteiger charge is -2.18. The number of ketones is 1. The molecule has 0 saturated carbocycles. The zero-order valence-electron chi connectivity index (χ0n) is 23.5. The number of carbonyl (C=O) groups excluding carboxylic acids is 5. The van der Waals surface area contributed by atoms with Crippen molar-refractivity contribution in [3.63, 3.8) is 0 Å². The van der Waals surface area contributed by atoms with Gasteiger partial charge in [0.05, 0.1) is 6.04 Å². The summed E-state index contributed by atoms with van der Waals surface area (Å²) in [5, 5.41) is 39.9. The maximum Gasteiger partial charge on any atom is 0.326 e. The molecule has 0 rings (SSSR count). The Hall–Kier alpha value is -4.08. The molecule has 0 aliphatic rings. The van der Waals surface area contributed by atoms with Gasteiger partial charge in [0.15, 0.2) is 0 Å². The van der Waals surface area contributed by atoms with Crippen LogP contribution in [0.5, 0.6) is 0 Å². The average molecular weight is 588 g/mol. The van der Waals surface area contributed by atoms with Gasteiger partial charge in [-0.3, -0.25) is 24.0 Å². The van der Waals surface area contributed by atoms with Gasteiger partial charge in [-0.05, 0) is 52.5 Å². The van der Waals surface area contributed by atoms with E-state index < -0.39 is 72.5 Å². The maximum atomic E-state index is 12.3. The van der Waals surface area contributed by atoms with E-state index in [9.17, 15) is 48.6 Å². The zero-order chi connectivity index (χ0) is 31.5. The molecular weight excluding hydrogens is 546 g/mol. The van der Waals surface area contributed by atoms with Crippen LogP contribution in [0.2, 0.25) is 0 Å². The van der Waals surface area contributed by atoms with Gasteiger partial charge in [0.1, 0.15) is 23.9 Å². The summed E-state index contributed by atoms with van der Waals surface area (Å²) in [6.07, 6.45) is -0.0143. The van der Waals surface area contributed by atoms with Gasteiger partial charge in [-0.25, -0.2) is 14.4 Å². The van der Waals surface area contributed by atoms with Crippen LogP contribution in [0.3, 0.4) is 0 Å². The minimum absolute atomic E-state index is 0.0208. The molecule has 16 heteroatoms. The van der Waals surface area contributed by atoms with E-state index >= 15 is 0 Å². The quantitative estimate of drug-likeness (QED) is 0.0675. The summed E-state index contributed by atoms with van der Waals surface area (Å²) in [6.45, 7) is 2.93. The number of likely N-dealkylation sites (N-methyl/N-ethyl adjacent to an activating group) is 1. The van der Waals surface area contributed by atoms with Crippen LogP contribution in [0.25, 0.3) is 0 Å². The SMILES string of the molecule is CN[C@@H](CCCCNC(=O)CC[C@H](NC(=O)CC[C@H](NC(=O)CC[C@H](NC(C)=O)C(=O)O)C(=O)O)C(=O)O)C(C)=O. The predicted octanol–water partition coefficient (Wildman–Crippen LogP) is -1.48. The van der Waals surface area contributed by atoms with Crippen LogP contribution in [0.4, 0.5) is 0 Å². The molecule has 0 unspecified atom stereocenters. The third kappa shape index (κ3) is 17.3. The zero-order valence-corrected chi connectivity index (χ0v) is 23.5. The number of Topliss-reactive ketones (excluding diaryl/α,β-unsaturated/α-hetero) is 1. The van der Waals surface area contributed by atoms with Crippen molar-refractivity contribution in [1.29, 1.82) is 0 Å². The molecule has 8 N–H and O–H groups in total. The number of carboxylic acids is 3. The molecule has 16 nitrogen and oxygen atoms in total. The second kappa shape index (κ2) is 19.9. The first-order valence-electron chi connectivity index (χ1n) is 13.2. The van der Waals surface area contributed by atoms with E-state index in [1.807, 2.05) is 0 Å². The molecule has 0 aliphatic heterocycles. The highest BCUT2D eigenvalue weighted by Crippen LogP contribution is 2.05. The van der Waals surface area contributed by atoms with E-state index in [0.717, 1.165) is 6.92 Å². The van der Waals surface area contributed by atoms with Crippen molar-refractivity contribution in [2.75, 3.05) is 13.6 Å². The summed E-state index contributed by atoms with van der Waals surface area (Å²) >= 11 is 0. The normalized spacial score (nSPS) is 13.5. The molecule has 0 aromatic carbocycles. The first kappa shape index (κ1) is 36.9. The van der Waals surface area contributed by atoms with E-state index in [-0.39, 0.29) is 37.5 Å². The van der Waals surface area contributed by atoms with E-state index in [4.69, 9.17) is 5.11 Å². The minimum atomic E-state index is -1.51. The van der Waals surface area contributed by atoms with Gasteiger partial charge in [-0.2, -0.15) is 0 Å². The fraction of sp³-hybridized carbons (Fsp3) is 0.680. The summed E-state index contributed by atoms with van der Waals surface area (Å²) in [5.41, 5.74) is 0. The second-order valence-electron chi connectivity index (χ2n) is 9.42. The molecule has 0 spiro atoms. The van der Waals surface area contributed by atoms with Gasteiger partial charge in [0.25, 0.3) is 0 Å². The summed E-state index contributed by atoms with van der Waals surface area (Å²) < 4.78 is 0. The average Bonchev–Trinajstić information content (AvgIpc) is 2.87. The number of nitrogens with one attached hydrogen (secondary N) is 5. The Bertz CT molecular complexity index is 956. The number of rotatable bonds is 22. The van der Waals surface area contributed by atoms with Crippen LogP contribution in [-0.4, -0.2) is 100 Å². The summed E-state index contributed by atoms with van der Waals surface area (Å²) in [4.78, 5) is 93.0. The van der Waals surface area contributed by atoms with Gasteiger partial charge in [0, 0.05) is 32.7 Å². The van der Waals surface area contributed by atoms with E-state index in [0.29, 0.717) is 25.8 Å². The topological polar surface area (TPSA) is 257 Å². The molecule has 4 amide bonds. The van der Waals surface area contributed by atoms with Gasteiger partial charge >= 0.3 is 17.9 Å². The van der Waals surface area contributed by atoms with E-state index in [1.165, 1.54) is 6.92 Å². The highest BCUT2D eigenvalue weighted by molar-refractivity contribution is 5.87. The van der Waals surface area contributed by atoms with Gasteiger partial charge in [0.2, 0.25) is 23.6 Å². The molecule has 232 valence electrons. The molecule has 0 saturated heterocycles. The number of unbranched alkanes of at least 4 members (excludes halogenated alkanes) is 1. The Balaban J connectivity index is 4.60. The number of aliphatic carboxylic acids is 3. The van der Waals surface area contributed by atoms with Crippen molar-refractivity contribution < 1.29 is 53.7 Å². The second-order valence-corrected chi connectivity index (χ2v) is 9.42. The number of hydrogen-bond donors (Lipinski definition) is 8. The minimum Gasteiger partial charge on any atom is -0.480 e. The monoisotopic (exact) mass is 587 g/mol. The van der Waals surface area contributed by atoms with Crippen LogP contribution in [0, 0.1) is 0 Å². The molecule has 0 fully saturated rings. The number of hydrogen-bond acceptors (Lipinski definition) is 9. The van der Waals surface area contributed by atoms with Crippen molar-refractivity contribution in [2.24, 2.45) is 0 Å². The molecular formula is C25H41N5O11. The molecule has 0 bridgehead atoms. The molecule has 0 radical (unpaired) electrons. The fourth-order valence-corrected chi connectivity index (χ4v) is 3.72. The predicted molar refractivity (Wildman–Crippen MR) is 142 cm³/mol. The fourth-order valence-electron chi connectivity index (χ4n) is 3.72. The van der Waals surface area contributed by atoms with Gasteiger partial charge in [-0.15, -0.1) is 0 Å². The van der Waals surface area contributed by atoms with Crippen molar-refractivity contribution in [1.82, 2.24) is 26.6 Å². The standard InChI is InChI=1S/C25H41N5O11/c1-14(31)16(26-3)6-4-5-13-27-20(33)10-7-18(24(38)39)29-22(35)12-9-19(25(40)41)30-21(34)11-8-17(23(36)37)28-15(2)32/h16-19,26H,4-13H2,1-3H3,(H,27,33)(H,28,32)(H,29,35)(H,30,34)(H,36,37)(H,38,39)(H,40,41)/t16-,17-,18-,19-/m0/s1. The Labute approximate surface area is 237 Å². The first-order chi connectivity index (χ1) is 19.2. The number of carboxylic acid groups (broad SMARTS) is 3. The third-order valence-corrected chi connectivity index (χ3v) is 6.00. The van der Waals surface area contributed by atoms with Gasteiger partial charge in [-0.1, -0.05) is 0 Å². The highest BCUT2D eigenvalue weighted by Gasteiger charge is 2.25. The van der Waals surface area contributed by atoms with Gasteiger partial charge < -0.3 is 41.9 Å². The lowest BCUT2D eigenvalue weighted by atomic mass is 10.1. The lowest BCUT2D eigenvalue weighted by molar-refractivity contribution is -0.144. The van der Waals surface area contributed by atoms with Crippen molar-refractivity contribution in [3.8, 4) is 0 Å². The Kier molecular flexibility index (Phi) is 17.9. The maximum absolute atomic E-state index is 12.3. The van der Waals surface area contributed by atoms with Crippen LogP contribution >= 0.6 is 0 Å². The number of carbonyl (C=O) groups is 8. The first-order valence-corrected chi connectivity index (χ1v) is 13.2. The van der Waals surface area contributed by atoms with Crippen LogP contribution < -0.4 is 26.6 Å². The molecule has 0 heterocycles. The van der Waals surface area contributed by atoms with Crippen molar-refractivity contribution >= 4 is 47.3 Å². The summed E-state index contributed by atoms with van der Waals surface area (Å²) in [6, 6.07) is -4.50. The van der Waals surface area contributed by atoms with E-state index in [2.05, 4.69) is 26.6 Å².